The van der Waals surface area contributed by atoms with E-state index in [9.17, 15) is 10.1 Å². The van der Waals surface area contributed by atoms with E-state index in [4.69, 9.17) is 25.8 Å². The van der Waals surface area contributed by atoms with E-state index in [2.05, 4.69) is 5.32 Å². The van der Waals surface area contributed by atoms with Gasteiger partial charge in [0.2, 0.25) is 0 Å². The quantitative estimate of drug-likeness (QED) is 0.635. The van der Waals surface area contributed by atoms with Crippen molar-refractivity contribution in [3.8, 4) is 23.3 Å². The number of rotatable bonds is 4. The minimum absolute atomic E-state index is 0.0589. The number of hydrogen-bond donors (Lipinski definition) is 1. The number of ether oxygens (including phenoxy) is 3. The van der Waals surface area contributed by atoms with Crippen LogP contribution >= 0.6 is 11.6 Å². The molecule has 1 amide bonds. The highest BCUT2D eigenvalue weighted by atomic mass is 35.5. The van der Waals surface area contributed by atoms with Gasteiger partial charge in [-0.25, -0.2) is 0 Å². The lowest BCUT2D eigenvalue weighted by molar-refractivity contribution is -0.112. The van der Waals surface area contributed by atoms with Crippen LogP contribution < -0.4 is 19.5 Å². The van der Waals surface area contributed by atoms with Crippen LogP contribution in [0.3, 0.4) is 0 Å². The molecular formula is C20H17ClN2O4. The smallest absolute Gasteiger partial charge is 0.266 e. The van der Waals surface area contributed by atoms with Crippen molar-refractivity contribution in [2.75, 3.05) is 25.6 Å². The van der Waals surface area contributed by atoms with Crippen LogP contribution in [-0.2, 0) is 4.79 Å². The van der Waals surface area contributed by atoms with Gasteiger partial charge >= 0.3 is 0 Å². The molecule has 27 heavy (non-hydrogen) atoms. The molecule has 2 aromatic rings. The Labute approximate surface area is 161 Å². The van der Waals surface area contributed by atoms with Gasteiger partial charge in [0.25, 0.3) is 5.91 Å². The molecule has 0 saturated heterocycles. The summed E-state index contributed by atoms with van der Waals surface area (Å²) < 4.78 is 16.3. The zero-order valence-electron chi connectivity index (χ0n) is 14.6. The Morgan fingerprint density at radius 2 is 2.00 bits per heavy atom. The van der Waals surface area contributed by atoms with Crippen LogP contribution in [-0.4, -0.2) is 26.2 Å². The summed E-state index contributed by atoms with van der Waals surface area (Å²) in [6.07, 6.45) is 2.21. The first kappa shape index (κ1) is 18.6. The van der Waals surface area contributed by atoms with Crippen LogP contribution in [0.1, 0.15) is 12.0 Å². The molecule has 6 nitrogen and oxygen atoms in total. The largest absolute Gasteiger partial charge is 0.497 e. The van der Waals surface area contributed by atoms with Crippen LogP contribution in [0.15, 0.2) is 42.0 Å². The third-order valence-electron chi connectivity index (χ3n) is 3.85. The lowest BCUT2D eigenvalue weighted by atomic mass is 10.1. The normalized spacial score (nSPS) is 13.3. The van der Waals surface area contributed by atoms with Crippen LogP contribution in [0.25, 0.3) is 6.08 Å². The maximum atomic E-state index is 12.4. The highest BCUT2D eigenvalue weighted by molar-refractivity contribution is 6.32. The average Bonchev–Trinajstić information content (AvgIpc) is 2.92. The van der Waals surface area contributed by atoms with Crippen molar-refractivity contribution in [1.82, 2.24) is 0 Å². The molecule has 0 aromatic heterocycles. The zero-order chi connectivity index (χ0) is 19.2. The highest BCUT2D eigenvalue weighted by Crippen LogP contribution is 2.38. The summed E-state index contributed by atoms with van der Waals surface area (Å²) in [6.45, 7) is 1.04. The number of carbonyl (C=O) groups is 1. The van der Waals surface area contributed by atoms with Crippen molar-refractivity contribution in [3.63, 3.8) is 0 Å². The van der Waals surface area contributed by atoms with Crippen molar-refractivity contribution in [2.45, 2.75) is 6.42 Å². The van der Waals surface area contributed by atoms with Crippen LogP contribution in [0, 0.1) is 11.3 Å². The first-order valence-electron chi connectivity index (χ1n) is 8.27. The Morgan fingerprint density at radius 1 is 1.26 bits per heavy atom. The van der Waals surface area contributed by atoms with E-state index in [0.29, 0.717) is 46.7 Å². The van der Waals surface area contributed by atoms with Crippen molar-refractivity contribution < 1.29 is 19.0 Å². The molecule has 138 valence electrons. The molecular weight excluding hydrogens is 368 g/mol. The van der Waals surface area contributed by atoms with Gasteiger partial charge in [0.1, 0.15) is 17.4 Å². The van der Waals surface area contributed by atoms with Gasteiger partial charge in [-0.3, -0.25) is 4.79 Å². The van der Waals surface area contributed by atoms with E-state index in [0.717, 1.165) is 6.42 Å². The third kappa shape index (κ3) is 4.52. The van der Waals surface area contributed by atoms with Gasteiger partial charge in [-0.05, 0) is 48.0 Å². The number of nitrogens with one attached hydrogen (secondary N) is 1. The predicted molar refractivity (Wildman–Crippen MR) is 102 cm³/mol. The van der Waals surface area contributed by atoms with Gasteiger partial charge in [0.15, 0.2) is 11.5 Å². The summed E-state index contributed by atoms with van der Waals surface area (Å²) in [5.74, 6) is 1.13. The molecule has 1 N–H and O–H groups in total. The molecule has 0 spiro atoms. The van der Waals surface area contributed by atoms with Crippen LogP contribution in [0.2, 0.25) is 5.02 Å². The second-order valence-corrected chi connectivity index (χ2v) is 6.14. The molecule has 1 heterocycles. The number of halogens is 1. The number of fused-ring (bicyclic) bond motifs is 1. The Kier molecular flexibility index (Phi) is 5.84. The van der Waals surface area contributed by atoms with Gasteiger partial charge in [-0.1, -0.05) is 11.6 Å². The average molecular weight is 385 g/mol. The second-order valence-electron chi connectivity index (χ2n) is 5.73. The Morgan fingerprint density at radius 3 is 2.70 bits per heavy atom. The number of anilines is 1. The lowest BCUT2D eigenvalue weighted by Gasteiger charge is -2.10. The minimum atomic E-state index is -0.522. The van der Waals surface area contributed by atoms with E-state index in [1.54, 1.807) is 43.5 Å². The number of carbonyl (C=O) groups excluding carboxylic acids is 1. The molecule has 1 aliphatic heterocycles. The van der Waals surface area contributed by atoms with Gasteiger partial charge < -0.3 is 19.5 Å². The molecule has 3 rings (SSSR count). The van der Waals surface area contributed by atoms with E-state index in [1.807, 2.05) is 6.07 Å². The molecule has 0 unspecified atom stereocenters. The Balaban J connectivity index is 1.83. The fraction of sp³-hybridized carbons (Fsp3) is 0.200. The van der Waals surface area contributed by atoms with Crippen molar-refractivity contribution >= 4 is 29.3 Å². The fourth-order valence-corrected chi connectivity index (χ4v) is 2.80. The monoisotopic (exact) mass is 384 g/mol. The zero-order valence-corrected chi connectivity index (χ0v) is 15.4. The summed E-state index contributed by atoms with van der Waals surface area (Å²) in [5.41, 5.74) is 1.07. The third-order valence-corrected chi connectivity index (χ3v) is 4.13. The second kappa shape index (κ2) is 8.47. The molecule has 0 radical (unpaired) electrons. The van der Waals surface area contributed by atoms with Crippen molar-refractivity contribution in [3.05, 3.63) is 52.6 Å². The number of nitrogens with zero attached hydrogens (tertiary/aromatic N) is 1. The van der Waals surface area contributed by atoms with Gasteiger partial charge in [-0.2, -0.15) is 5.26 Å². The lowest BCUT2D eigenvalue weighted by Crippen LogP contribution is -2.13. The molecule has 7 heteroatoms. The standard InChI is InChI=1S/C20H17ClN2O4/c1-25-16-5-3-15(4-6-16)23-20(24)14(12-22)9-13-10-17(21)19-18(11-13)26-7-2-8-27-19/h3-6,9-11H,2,7-8H2,1H3,(H,23,24)/b14-9+. The van der Waals surface area contributed by atoms with E-state index < -0.39 is 5.91 Å². The topological polar surface area (TPSA) is 80.6 Å². The number of methoxy groups -OCH3 is 1. The maximum absolute atomic E-state index is 12.4. The summed E-state index contributed by atoms with van der Waals surface area (Å²) in [5, 5.41) is 12.4. The van der Waals surface area contributed by atoms with Crippen LogP contribution in [0.4, 0.5) is 5.69 Å². The van der Waals surface area contributed by atoms with Gasteiger partial charge in [-0.15, -0.1) is 0 Å². The van der Waals surface area contributed by atoms with E-state index in [1.165, 1.54) is 6.08 Å². The van der Waals surface area contributed by atoms with Crippen molar-refractivity contribution in [1.29, 1.82) is 5.26 Å². The molecule has 0 fully saturated rings. The number of benzene rings is 2. The maximum Gasteiger partial charge on any atom is 0.266 e. The SMILES string of the molecule is COc1ccc(NC(=O)/C(C#N)=C/c2cc(Cl)c3c(c2)OCCCO3)cc1. The number of nitriles is 1. The Hall–Kier alpha value is -3.17. The summed E-state index contributed by atoms with van der Waals surface area (Å²) in [6, 6.07) is 12.1. The first-order valence-corrected chi connectivity index (χ1v) is 8.65. The predicted octanol–water partition coefficient (Wildman–Crippen LogP) is 4.06. The van der Waals surface area contributed by atoms with Crippen molar-refractivity contribution in [2.24, 2.45) is 0 Å². The summed E-state index contributed by atoms with van der Waals surface area (Å²) in [7, 11) is 1.56. The minimum Gasteiger partial charge on any atom is -0.497 e. The Bertz CT molecular complexity index is 917. The van der Waals surface area contributed by atoms with Crippen LogP contribution in [0.5, 0.6) is 17.2 Å². The fourth-order valence-electron chi connectivity index (χ4n) is 2.52. The molecule has 0 aliphatic carbocycles. The first-order chi connectivity index (χ1) is 13.1. The molecule has 0 atom stereocenters. The van der Waals surface area contributed by atoms with E-state index >= 15 is 0 Å². The van der Waals surface area contributed by atoms with Gasteiger partial charge in [0.05, 0.1) is 25.3 Å². The molecule has 1 aliphatic rings. The number of amides is 1. The summed E-state index contributed by atoms with van der Waals surface area (Å²) >= 11 is 6.25. The highest BCUT2D eigenvalue weighted by Gasteiger charge is 2.16. The summed E-state index contributed by atoms with van der Waals surface area (Å²) in [4.78, 5) is 12.4. The molecule has 0 bridgehead atoms. The van der Waals surface area contributed by atoms with E-state index in [-0.39, 0.29) is 5.57 Å². The van der Waals surface area contributed by atoms with Gasteiger partial charge in [0, 0.05) is 12.1 Å². The number of hydrogen-bond acceptors (Lipinski definition) is 5. The molecule has 0 saturated carbocycles. The molecule has 2 aromatic carbocycles.